The van der Waals surface area contributed by atoms with Gasteiger partial charge in [0.15, 0.2) is 0 Å². The van der Waals surface area contributed by atoms with E-state index in [9.17, 15) is 4.79 Å². The third kappa shape index (κ3) is 3.32. The minimum atomic E-state index is -0.0277. The van der Waals surface area contributed by atoms with Crippen molar-refractivity contribution in [2.75, 3.05) is 6.61 Å². The second kappa shape index (κ2) is 6.91. The first kappa shape index (κ1) is 15.6. The Morgan fingerprint density at radius 3 is 2.48 bits per heavy atom. The van der Waals surface area contributed by atoms with Gasteiger partial charge in [-0.15, -0.1) is 11.3 Å². The Morgan fingerprint density at radius 2 is 1.72 bits per heavy atom. The second-order valence-electron chi connectivity index (χ2n) is 5.60. The monoisotopic (exact) mass is 348 g/mol. The van der Waals surface area contributed by atoms with Crippen LogP contribution in [0.4, 0.5) is 0 Å². The summed E-state index contributed by atoms with van der Waals surface area (Å²) in [6, 6.07) is 21.6. The lowest BCUT2D eigenvalue weighted by atomic mass is 10.2. The van der Waals surface area contributed by atoms with E-state index < -0.39 is 0 Å². The number of aromatic nitrogens is 2. The lowest BCUT2D eigenvalue weighted by Gasteiger charge is -2.07. The fraction of sp³-hybridized carbons (Fsp3) is 0.100. The van der Waals surface area contributed by atoms with Crippen LogP contribution in [-0.4, -0.2) is 16.2 Å². The molecular weight excluding hydrogens is 332 g/mol. The Balaban J connectivity index is 1.56. The van der Waals surface area contributed by atoms with Crippen molar-refractivity contribution in [2.24, 2.45) is 0 Å². The van der Waals surface area contributed by atoms with Crippen LogP contribution in [0.2, 0.25) is 0 Å². The van der Waals surface area contributed by atoms with Gasteiger partial charge in [0, 0.05) is 4.88 Å². The lowest BCUT2D eigenvalue weighted by molar-refractivity contribution is 0.296. The first-order chi connectivity index (χ1) is 12.3. The molecule has 0 unspecified atom stereocenters. The molecule has 0 aliphatic rings. The van der Waals surface area contributed by atoms with Crippen molar-refractivity contribution in [1.29, 1.82) is 0 Å². The normalized spacial score (nSPS) is 10.9. The summed E-state index contributed by atoms with van der Waals surface area (Å²) in [5, 5.41) is 0.658. The zero-order valence-electron chi connectivity index (χ0n) is 13.5. The summed E-state index contributed by atoms with van der Waals surface area (Å²) >= 11 is 1.54. The number of rotatable bonds is 5. The van der Waals surface area contributed by atoms with Gasteiger partial charge < -0.3 is 4.74 Å². The maximum atomic E-state index is 12.7. The van der Waals surface area contributed by atoms with Gasteiger partial charge in [0.05, 0.1) is 18.3 Å². The molecule has 4 nitrogen and oxygen atoms in total. The van der Waals surface area contributed by atoms with E-state index in [1.807, 2.05) is 66.7 Å². The molecule has 0 aliphatic carbocycles. The first-order valence-corrected chi connectivity index (χ1v) is 8.85. The molecule has 0 aliphatic heterocycles. The summed E-state index contributed by atoms with van der Waals surface area (Å²) in [5.41, 5.74) is 1.07. The molecule has 0 N–H and O–H groups in total. The molecule has 0 fully saturated rings. The maximum Gasteiger partial charge on any atom is 0.262 e. The predicted octanol–water partition coefficient (Wildman–Crippen LogP) is 4.20. The van der Waals surface area contributed by atoms with Gasteiger partial charge in [-0.25, -0.2) is 4.98 Å². The zero-order valence-corrected chi connectivity index (χ0v) is 14.3. The Hall–Kier alpha value is -2.92. The fourth-order valence-corrected chi connectivity index (χ4v) is 3.64. The average Bonchev–Trinajstić information content (AvgIpc) is 3.10. The molecule has 2 aromatic heterocycles. The molecule has 5 heteroatoms. The molecule has 2 heterocycles. The third-order valence-electron chi connectivity index (χ3n) is 3.92. The van der Waals surface area contributed by atoms with Crippen LogP contribution in [0.25, 0.3) is 20.7 Å². The largest absolute Gasteiger partial charge is 0.492 e. The van der Waals surface area contributed by atoms with Gasteiger partial charge >= 0.3 is 0 Å². The first-order valence-electron chi connectivity index (χ1n) is 8.03. The van der Waals surface area contributed by atoms with Crippen LogP contribution in [0.3, 0.4) is 0 Å². The summed E-state index contributed by atoms with van der Waals surface area (Å²) in [6.07, 6.45) is 1.60. The fourth-order valence-electron chi connectivity index (χ4n) is 2.64. The molecule has 0 bridgehead atoms. The minimum absolute atomic E-state index is 0.0277. The molecule has 124 valence electrons. The molecule has 0 amide bonds. The molecule has 4 aromatic rings. The van der Waals surface area contributed by atoms with E-state index in [1.165, 1.54) is 11.3 Å². The van der Waals surface area contributed by atoms with Crippen LogP contribution in [0, 0.1) is 0 Å². The minimum Gasteiger partial charge on any atom is -0.492 e. The third-order valence-corrected chi connectivity index (χ3v) is 5.01. The van der Waals surface area contributed by atoms with E-state index in [2.05, 4.69) is 4.98 Å². The molecule has 0 atom stereocenters. The van der Waals surface area contributed by atoms with Crippen LogP contribution >= 0.6 is 11.3 Å². The number of fused-ring (bicyclic) bond motifs is 1. The van der Waals surface area contributed by atoms with Crippen LogP contribution in [0.5, 0.6) is 5.75 Å². The average molecular weight is 348 g/mol. The number of hydrogen-bond acceptors (Lipinski definition) is 4. The van der Waals surface area contributed by atoms with Crippen LogP contribution < -0.4 is 10.3 Å². The van der Waals surface area contributed by atoms with Gasteiger partial charge in [-0.05, 0) is 23.8 Å². The topological polar surface area (TPSA) is 44.1 Å². The van der Waals surface area contributed by atoms with Crippen molar-refractivity contribution in [3.05, 3.63) is 83.4 Å². The standard InChI is InChI=1S/C20H16N2O2S/c23-20-17-13-18(15-7-3-1-4-8-15)25-19(17)21-14-22(20)11-12-24-16-9-5-2-6-10-16/h1-10,13-14H,11-12H2. The van der Waals surface area contributed by atoms with Gasteiger partial charge in [0.25, 0.3) is 5.56 Å². The molecular formula is C20H16N2O2S. The number of benzene rings is 2. The van der Waals surface area contributed by atoms with Gasteiger partial charge in [-0.1, -0.05) is 48.5 Å². The number of hydrogen-bond donors (Lipinski definition) is 0. The van der Waals surface area contributed by atoms with Crippen molar-refractivity contribution < 1.29 is 4.74 Å². The Bertz CT molecular complexity index is 1040. The maximum absolute atomic E-state index is 12.7. The second-order valence-corrected chi connectivity index (χ2v) is 6.63. The molecule has 0 saturated heterocycles. The van der Waals surface area contributed by atoms with Gasteiger partial charge in [0.2, 0.25) is 0 Å². The van der Waals surface area contributed by atoms with Gasteiger partial charge in [0.1, 0.15) is 17.2 Å². The quantitative estimate of drug-likeness (QED) is 0.543. The van der Waals surface area contributed by atoms with Crippen molar-refractivity contribution in [3.63, 3.8) is 0 Å². The van der Waals surface area contributed by atoms with E-state index in [-0.39, 0.29) is 5.56 Å². The van der Waals surface area contributed by atoms with Crippen molar-refractivity contribution >= 4 is 21.6 Å². The van der Waals surface area contributed by atoms with Gasteiger partial charge in [-0.2, -0.15) is 0 Å². The van der Waals surface area contributed by atoms with Crippen molar-refractivity contribution in [3.8, 4) is 16.2 Å². The molecule has 4 rings (SSSR count). The van der Waals surface area contributed by atoms with E-state index in [4.69, 9.17) is 4.74 Å². The Morgan fingerprint density at radius 1 is 1.00 bits per heavy atom. The number of para-hydroxylation sites is 1. The van der Waals surface area contributed by atoms with E-state index in [0.717, 1.165) is 21.0 Å². The summed E-state index contributed by atoms with van der Waals surface area (Å²) in [7, 11) is 0. The molecule has 2 aromatic carbocycles. The zero-order chi connectivity index (χ0) is 17.1. The summed E-state index contributed by atoms with van der Waals surface area (Å²) in [4.78, 5) is 19.0. The highest BCUT2D eigenvalue weighted by atomic mass is 32.1. The predicted molar refractivity (Wildman–Crippen MR) is 101 cm³/mol. The van der Waals surface area contributed by atoms with E-state index in [0.29, 0.717) is 18.5 Å². The van der Waals surface area contributed by atoms with Gasteiger partial charge in [-0.3, -0.25) is 9.36 Å². The van der Waals surface area contributed by atoms with Crippen LogP contribution in [0.15, 0.2) is 77.9 Å². The van der Waals surface area contributed by atoms with E-state index in [1.54, 1.807) is 10.9 Å². The summed E-state index contributed by atoms with van der Waals surface area (Å²) in [5.74, 6) is 0.798. The highest BCUT2D eigenvalue weighted by Gasteiger charge is 2.10. The molecule has 0 spiro atoms. The molecule has 0 saturated carbocycles. The number of thiophene rings is 1. The summed E-state index contributed by atoms with van der Waals surface area (Å²) < 4.78 is 7.27. The molecule has 0 radical (unpaired) electrons. The highest BCUT2D eigenvalue weighted by Crippen LogP contribution is 2.30. The molecule has 25 heavy (non-hydrogen) atoms. The Kier molecular flexibility index (Phi) is 4.31. The smallest absolute Gasteiger partial charge is 0.262 e. The van der Waals surface area contributed by atoms with Crippen LogP contribution in [-0.2, 0) is 6.54 Å². The summed E-state index contributed by atoms with van der Waals surface area (Å²) in [6.45, 7) is 0.889. The van der Waals surface area contributed by atoms with Crippen molar-refractivity contribution in [1.82, 2.24) is 9.55 Å². The van der Waals surface area contributed by atoms with Crippen molar-refractivity contribution in [2.45, 2.75) is 6.54 Å². The number of ether oxygens (including phenoxy) is 1. The van der Waals surface area contributed by atoms with E-state index >= 15 is 0 Å². The number of nitrogens with zero attached hydrogens (tertiary/aromatic N) is 2. The van der Waals surface area contributed by atoms with Crippen LogP contribution in [0.1, 0.15) is 0 Å². The Labute approximate surface area is 149 Å². The lowest BCUT2D eigenvalue weighted by Crippen LogP contribution is -2.23. The SMILES string of the molecule is O=c1c2cc(-c3ccccc3)sc2ncn1CCOc1ccccc1. The highest BCUT2D eigenvalue weighted by molar-refractivity contribution is 7.21.